The van der Waals surface area contributed by atoms with E-state index < -0.39 is 0 Å². The van der Waals surface area contributed by atoms with Crippen molar-refractivity contribution in [1.29, 1.82) is 0 Å². The van der Waals surface area contributed by atoms with Crippen molar-refractivity contribution in [3.05, 3.63) is 35.9 Å². The molecule has 0 unspecified atom stereocenters. The van der Waals surface area contributed by atoms with Crippen molar-refractivity contribution in [1.82, 2.24) is 4.98 Å². The van der Waals surface area contributed by atoms with Crippen LogP contribution in [0.15, 0.2) is 30.3 Å². The van der Waals surface area contributed by atoms with Crippen molar-refractivity contribution in [3.8, 4) is 0 Å². The molecule has 0 aliphatic heterocycles. The van der Waals surface area contributed by atoms with Crippen LogP contribution in [0.2, 0.25) is 0 Å². The molecule has 1 aromatic heterocycles. The van der Waals surface area contributed by atoms with Crippen LogP contribution >= 0.6 is 0 Å². The molecule has 2 aromatic rings. The molecule has 0 spiro atoms. The number of anilines is 1. The number of hydrogen-bond acceptors (Lipinski definition) is 2. The summed E-state index contributed by atoms with van der Waals surface area (Å²) in [6.45, 7) is 5.97. The average molecular weight is 188 g/mol. The van der Waals surface area contributed by atoms with Gasteiger partial charge in [-0.2, -0.15) is 0 Å². The second-order valence-electron chi connectivity index (χ2n) is 2.88. The molecule has 0 aliphatic rings. The van der Waals surface area contributed by atoms with Crippen LogP contribution in [0.4, 0.5) is 5.82 Å². The maximum atomic E-state index is 5.67. The first-order valence-electron chi connectivity index (χ1n) is 4.89. The van der Waals surface area contributed by atoms with E-state index in [4.69, 9.17) is 5.73 Å². The number of aryl methyl sites for hydroxylation is 1. The fourth-order valence-corrected chi connectivity index (χ4v) is 1.24. The molecule has 74 valence electrons. The van der Waals surface area contributed by atoms with Gasteiger partial charge in [-0.1, -0.05) is 32.0 Å². The Hall–Kier alpha value is -1.57. The van der Waals surface area contributed by atoms with Gasteiger partial charge in [0.15, 0.2) is 0 Å². The van der Waals surface area contributed by atoms with Gasteiger partial charge in [-0.15, -0.1) is 0 Å². The molecule has 1 aromatic carbocycles. The predicted molar refractivity (Wildman–Crippen MR) is 62.2 cm³/mol. The van der Waals surface area contributed by atoms with Crippen molar-refractivity contribution in [2.45, 2.75) is 20.8 Å². The highest BCUT2D eigenvalue weighted by Gasteiger charge is 1.97. The minimum atomic E-state index is 0.619. The lowest BCUT2D eigenvalue weighted by Gasteiger charge is -2.01. The Kier molecular flexibility index (Phi) is 3.46. The molecule has 0 fully saturated rings. The number of para-hydroxylation sites is 1. The fraction of sp³-hybridized carbons (Fsp3) is 0.250. The van der Waals surface area contributed by atoms with Crippen LogP contribution in [0.5, 0.6) is 0 Å². The minimum Gasteiger partial charge on any atom is -0.383 e. The summed E-state index contributed by atoms with van der Waals surface area (Å²) in [6.07, 6.45) is 0. The highest BCUT2D eigenvalue weighted by molar-refractivity contribution is 5.81. The van der Waals surface area contributed by atoms with Crippen LogP contribution < -0.4 is 5.73 Å². The van der Waals surface area contributed by atoms with Crippen LogP contribution in [0.25, 0.3) is 10.9 Å². The van der Waals surface area contributed by atoms with E-state index >= 15 is 0 Å². The van der Waals surface area contributed by atoms with Crippen molar-refractivity contribution < 1.29 is 0 Å². The highest BCUT2D eigenvalue weighted by atomic mass is 14.8. The summed E-state index contributed by atoms with van der Waals surface area (Å²) >= 11 is 0. The van der Waals surface area contributed by atoms with Gasteiger partial charge in [-0.3, -0.25) is 0 Å². The summed E-state index contributed by atoms with van der Waals surface area (Å²) in [5.74, 6) is 0.619. The Balaban J connectivity index is 0.000000461. The van der Waals surface area contributed by atoms with Gasteiger partial charge in [-0.25, -0.2) is 4.98 Å². The van der Waals surface area contributed by atoms with Crippen LogP contribution in [-0.2, 0) is 0 Å². The first-order valence-corrected chi connectivity index (χ1v) is 4.89. The van der Waals surface area contributed by atoms with E-state index in [0.717, 1.165) is 16.5 Å². The molecule has 0 amide bonds. The first kappa shape index (κ1) is 10.5. The Morgan fingerprint density at radius 3 is 2.50 bits per heavy atom. The van der Waals surface area contributed by atoms with E-state index in [-0.39, 0.29) is 0 Å². The molecule has 2 heteroatoms. The third kappa shape index (κ3) is 2.02. The predicted octanol–water partition coefficient (Wildman–Crippen LogP) is 3.15. The van der Waals surface area contributed by atoms with E-state index in [2.05, 4.69) is 11.1 Å². The molecule has 0 atom stereocenters. The zero-order valence-corrected chi connectivity index (χ0v) is 8.91. The third-order valence-electron chi connectivity index (χ3n) is 1.95. The summed E-state index contributed by atoms with van der Waals surface area (Å²) in [6, 6.07) is 10.0. The van der Waals surface area contributed by atoms with E-state index in [1.165, 1.54) is 0 Å². The van der Waals surface area contributed by atoms with E-state index in [1.54, 1.807) is 0 Å². The molecule has 0 bridgehead atoms. The van der Waals surface area contributed by atoms with Gasteiger partial charge >= 0.3 is 0 Å². The summed E-state index contributed by atoms with van der Waals surface area (Å²) < 4.78 is 0. The largest absolute Gasteiger partial charge is 0.383 e. The molecule has 1 heterocycles. The standard InChI is InChI=1S/C10H10N2.C2H6/c1-7-6-8-4-2-3-5-9(8)12-10(7)11;1-2/h2-6H,1H3,(H2,11,12);1-2H3. The summed E-state index contributed by atoms with van der Waals surface area (Å²) in [5, 5.41) is 1.14. The number of benzene rings is 1. The lowest BCUT2D eigenvalue weighted by atomic mass is 10.1. The van der Waals surface area contributed by atoms with Crippen LogP contribution in [-0.4, -0.2) is 4.98 Å². The fourth-order valence-electron chi connectivity index (χ4n) is 1.24. The summed E-state index contributed by atoms with van der Waals surface area (Å²) in [5.41, 5.74) is 7.67. The van der Waals surface area contributed by atoms with Gasteiger partial charge in [0.05, 0.1) is 5.52 Å². The Bertz CT molecular complexity index is 381. The second kappa shape index (κ2) is 4.61. The summed E-state index contributed by atoms with van der Waals surface area (Å²) in [4.78, 5) is 4.25. The second-order valence-corrected chi connectivity index (χ2v) is 2.88. The first-order chi connectivity index (χ1) is 6.77. The zero-order valence-electron chi connectivity index (χ0n) is 8.91. The van der Waals surface area contributed by atoms with Gasteiger partial charge in [0.25, 0.3) is 0 Å². The molecule has 2 nitrogen and oxygen atoms in total. The van der Waals surface area contributed by atoms with Crippen molar-refractivity contribution >= 4 is 16.7 Å². The van der Waals surface area contributed by atoms with Crippen molar-refractivity contribution in [2.24, 2.45) is 0 Å². The number of hydrogen-bond donors (Lipinski definition) is 1. The van der Waals surface area contributed by atoms with Gasteiger partial charge in [0.1, 0.15) is 5.82 Å². The number of pyridine rings is 1. The lowest BCUT2D eigenvalue weighted by Crippen LogP contribution is -1.93. The van der Waals surface area contributed by atoms with E-state index in [0.29, 0.717) is 5.82 Å². The van der Waals surface area contributed by atoms with Gasteiger partial charge in [0.2, 0.25) is 0 Å². The van der Waals surface area contributed by atoms with Crippen LogP contribution in [0, 0.1) is 6.92 Å². The SMILES string of the molecule is CC.Cc1cc2ccccc2nc1N. The normalized spacial score (nSPS) is 9.36. The van der Waals surface area contributed by atoms with E-state index in [1.807, 2.05) is 45.0 Å². The maximum Gasteiger partial charge on any atom is 0.127 e. The topological polar surface area (TPSA) is 38.9 Å². The Morgan fingerprint density at radius 1 is 1.14 bits per heavy atom. The van der Waals surface area contributed by atoms with Gasteiger partial charge in [0, 0.05) is 5.39 Å². The zero-order chi connectivity index (χ0) is 10.6. The van der Waals surface area contributed by atoms with Gasteiger partial charge in [-0.05, 0) is 24.6 Å². The maximum absolute atomic E-state index is 5.67. The van der Waals surface area contributed by atoms with E-state index in [9.17, 15) is 0 Å². The van der Waals surface area contributed by atoms with Crippen LogP contribution in [0.1, 0.15) is 19.4 Å². The average Bonchev–Trinajstić information content (AvgIpc) is 2.23. The van der Waals surface area contributed by atoms with Crippen LogP contribution in [0.3, 0.4) is 0 Å². The molecular weight excluding hydrogens is 172 g/mol. The third-order valence-corrected chi connectivity index (χ3v) is 1.95. The highest BCUT2D eigenvalue weighted by Crippen LogP contribution is 2.16. The molecule has 2 N–H and O–H groups in total. The number of nitrogens with two attached hydrogens (primary N) is 1. The Labute approximate surface area is 84.8 Å². The molecule has 14 heavy (non-hydrogen) atoms. The molecule has 0 saturated heterocycles. The summed E-state index contributed by atoms with van der Waals surface area (Å²) in [7, 11) is 0. The quantitative estimate of drug-likeness (QED) is 0.689. The monoisotopic (exact) mass is 188 g/mol. The minimum absolute atomic E-state index is 0.619. The van der Waals surface area contributed by atoms with Crippen molar-refractivity contribution in [2.75, 3.05) is 5.73 Å². The van der Waals surface area contributed by atoms with Gasteiger partial charge < -0.3 is 5.73 Å². The molecule has 0 aliphatic carbocycles. The molecule has 0 saturated carbocycles. The number of fused-ring (bicyclic) bond motifs is 1. The van der Waals surface area contributed by atoms with Crippen molar-refractivity contribution in [3.63, 3.8) is 0 Å². The smallest absolute Gasteiger partial charge is 0.127 e. The number of nitrogens with zero attached hydrogens (tertiary/aromatic N) is 1. The number of aromatic nitrogens is 1. The molecule has 0 radical (unpaired) electrons. The number of nitrogen functional groups attached to an aromatic ring is 1. The molecule has 2 rings (SSSR count). The lowest BCUT2D eigenvalue weighted by molar-refractivity contribution is 1.34. The number of rotatable bonds is 0. The Morgan fingerprint density at radius 2 is 1.79 bits per heavy atom. The molecular formula is C12H16N2.